The summed E-state index contributed by atoms with van der Waals surface area (Å²) in [6.45, 7) is -0.231. The molecule has 2 rings (SSSR count). The average molecular weight is 414 g/mol. The summed E-state index contributed by atoms with van der Waals surface area (Å²) >= 11 is 6.67. The van der Waals surface area contributed by atoms with E-state index in [0.717, 1.165) is 8.95 Å². The van der Waals surface area contributed by atoms with Gasteiger partial charge in [-0.05, 0) is 46.3 Å². The van der Waals surface area contributed by atoms with E-state index in [-0.39, 0.29) is 6.61 Å². The monoisotopic (exact) mass is 412 g/mol. The van der Waals surface area contributed by atoms with E-state index in [9.17, 15) is 9.59 Å². The van der Waals surface area contributed by atoms with E-state index < -0.39 is 5.97 Å². The molecule has 2 aromatic rings. The van der Waals surface area contributed by atoms with Gasteiger partial charge in [-0.3, -0.25) is 4.79 Å². The van der Waals surface area contributed by atoms with Crippen LogP contribution in [0.1, 0.15) is 10.4 Å². The first kappa shape index (κ1) is 15.7. The van der Waals surface area contributed by atoms with Gasteiger partial charge in [0.25, 0.3) is 0 Å². The minimum Gasteiger partial charge on any atom is -0.481 e. The van der Waals surface area contributed by atoms with E-state index in [2.05, 4.69) is 31.9 Å². The number of ether oxygens (including phenoxy) is 2. The molecule has 108 valence electrons. The number of hydrogen-bond acceptors (Lipinski definition) is 4. The molecule has 0 amide bonds. The molecule has 0 aromatic heterocycles. The third-order valence-electron chi connectivity index (χ3n) is 2.47. The lowest BCUT2D eigenvalue weighted by molar-refractivity contribution is -0.136. The van der Waals surface area contributed by atoms with Crippen molar-refractivity contribution in [2.45, 2.75) is 0 Å². The summed E-state index contributed by atoms with van der Waals surface area (Å²) in [6.07, 6.45) is 0.687. The van der Waals surface area contributed by atoms with Gasteiger partial charge in [-0.15, -0.1) is 0 Å². The van der Waals surface area contributed by atoms with Crippen LogP contribution in [-0.4, -0.2) is 18.9 Å². The van der Waals surface area contributed by atoms with Crippen LogP contribution in [0.3, 0.4) is 0 Å². The fourth-order valence-electron chi connectivity index (χ4n) is 1.54. The van der Waals surface area contributed by atoms with Gasteiger partial charge in [0.2, 0.25) is 0 Å². The Balaban J connectivity index is 1.94. The first-order valence-electron chi connectivity index (χ1n) is 5.92. The normalized spacial score (nSPS) is 10.0. The Hall–Kier alpha value is -1.66. The molecule has 0 atom stereocenters. The minimum absolute atomic E-state index is 0.231. The summed E-state index contributed by atoms with van der Waals surface area (Å²) in [5.41, 5.74) is 0.442. The Kier molecular flexibility index (Phi) is 5.52. The molecule has 21 heavy (non-hydrogen) atoms. The quantitative estimate of drug-likeness (QED) is 0.422. The molecule has 0 saturated carbocycles. The number of carbonyl (C=O) groups is 2. The zero-order chi connectivity index (χ0) is 15.2. The molecule has 0 saturated heterocycles. The Morgan fingerprint density at radius 1 is 1.14 bits per heavy atom. The Labute approximate surface area is 138 Å². The van der Waals surface area contributed by atoms with Crippen molar-refractivity contribution in [3.8, 4) is 11.5 Å². The summed E-state index contributed by atoms with van der Waals surface area (Å²) < 4.78 is 12.1. The van der Waals surface area contributed by atoms with Crippen molar-refractivity contribution in [1.82, 2.24) is 0 Å². The first-order valence-corrected chi connectivity index (χ1v) is 7.51. The smallest absolute Gasteiger partial charge is 0.349 e. The molecule has 0 N–H and O–H groups in total. The first-order chi connectivity index (χ1) is 10.1. The lowest BCUT2D eigenvalue weighted by Gasteiger charge is -2.08. The van der Waals surface area contributed by atoms with Crippen molar-refractivity contribution in [3.63, 3.8) is 0 Å². The number of esters is 1. The molecule has 0 aliphatic heterocycles. The van der Waals surface area contributed by atoms with Crippen LogP contribution in [0, 0.1) is 0 Å². The van der Waals surface area contributed by atoms with E-state index in [1.807, 2.05) is 6.07 Å². The van der Waals surface area contributed by atoms with Crippen molar-refractivity contribution < 1.29 is 19.1 Å². The molecule has 4 nitrogen and oxygen atoms in total. The summed E-state index contributed by atoms with van der Waals surface area (Å²) in [4.78, 5) is 22.3. The van der Waals surface area contributed by atoms with Crippen molar-refractivity contribution in [2.24, 2.45) is 0 Å². The van der Waals surface area contributed by atoms with Crippen LogP contribution in [-0.2, 0) is 4.79 Å². The SMILES string of the molecule is O=Cc1cccc(OC(=O)COc2ccc(Br)cc2Br)c1. The van der Waals surface area contributed by atoms with Crippen LogP contribution >= 0.6 is 31.9 Å². The second-order valence-corrected chi connectivity index (χ2v) is 5.80. The van der Waals surface area contributed by atoms with Crippen LogP contribution < -0.4 is 9.47 Å². The molecular formula is C15H10Br2O4. The van der Waals surface area contributed by atoms with Crippen LogP contribution in [0.15, 0.2) is 51.4 Å². The van der Waals surface area contributed by atoms with E-state index in [4.69, 9.17) is 9.47 Å². The number of halogens is 2. The standard InChI is InChI=1S/C15H10Br2O4/c16-11-4-5-14(13(17)7-11)20-9-15(19)21-12-3-1-2-10(6-12)8-18/h1-8H,9H2. The van der Waals surface area contributed by atoms with E-state index in [0.29, 0.717) is 23.3 Å². The second-order valence-electron chi connectivity index (χ2n) is 4.03. The van der Waals surface area contributed by atoms with Gasteiger partial charge in [0.05, 0.1) is 4.47 Å². The van der Waals surface area contributed by atoms with Gasteiger partial charge in [0.1, 0.15) is 17.8 Å². The van der Waals surface area contributed by atoms with Gasteiger partial charge in [0, 0.05) is 10.0 Å². The molecule has 0 spiro atoms. The average Bonchev–Trinajstić information content (AvgIpc) is 2.46. The molecule has 2 aromatic carbocycles. The van der Waals surface area contributed by atoms with Crippen LogP contribution in [0.4, 0.5) is 0 Å². The number of rotatable bonds is 5. The zero-order valence-corrected chi connectivity index (χ0v) is 13.9. The van der Waals surface area contributed by atoms with E-state index in [1.165, 1.54) is 6.07 Å². The minimum atomic E-state index is -0.548. The lowest BCUT2D eigenvalue weighted by Crippen LogP contribution is -2.17. The van der Waals surface area contributed by atoms with Crippen molar-refractivity contribution in [2.75, 3.05) is 6.61 Å². The summed E-state index contributed by atoms with van der Waals surface area (Å²) in [5, 5.41) is 0. The molecule has 0 aliphatic carbocycles. The fourth-order valence-corrected chi connectivity index (χ4v) is 2.70. The number of hydrogen-bond donors (Lipinski definition) is 0. The number of carbonyl (C=O) groups excluding carboxylic acids is 2. The third kappa shape index (κ3) is 4.68. The molecule has 0 heterocycles. The predicted octanol–water partition coefficient (Wildman–Crippen LogP) is 4.01. The molecule has 0 fully saturated rings. The maximum Gasteiger partial charge on any atom is 0.349 e. The Morgan fingerprint density at radius 2 is 1.95 bits per heavy atom. The highest BCUT2D eigenvalue weighted by Gasteiger charge is 2.08. The molecular weight excluding hydrogens is 404 g/mol. The largest absolute Gasteiger partial charge is 0.481 e. The topological polar surface area (TPSA) is 52.6 Å². The summed E-state index contributed by atoms with van der Waals surface area (Å²) in [6, 6.07) is 11.7. The van der Waals surface area contributed by atoms with Gasteiger partial charge in [-0.25, -0.2) is 4.79 Å². The van der Waals surface area contributed by atoms with Crippen LogP contribution in [0.2, 0.25) is 0 Å². The predicted molar refractivity (Wildman–Crippen MR) is 84.8 cm³/mol. The van der Waals surface area contributed by atoms with Gasteiger partial charge in [-0.1, -0.05) is 28.1 Å². The van der Waals surface area contributed by atoms with Crippen LogP contribution in [0.5, 0.6) is 11.5 Å². The van der Waals surface area contributed by atoms with Crippen molar-refractivity contribution in [3.05, 3.63) is 57.0 Å². The molecule has 0 aliphatic rings. The Bertz CT molecular complexity index is 670. The zero-order valence-electron chi connectivity index (χ0n) is 10.7. The van der Waals surface area contributed by atoms with Crippen LogP contribution in [0.25, 0.3) is 0 Å². The Morgan fingerprint density at radius 3 is 2.67 bits per heavy atom. The maximum absolute atomic E-state index is 11.7. The lowest BCUT2D eigenvalue weighted by atomic mass is 10.2. The second kappa shape index (κ2) is 7.38. The summed E-state index contributed by atoms with van der Waals surface area (Å²) in [7, 11) is 0. The highest BCUT2D eigenvalue weighted by atomic mass is 79.9. The van der Waals surface area contributed by atoms with Gasteiger partial charge in [0.15, 0.2) is 6.61 Å². The number of aldehydes is 1. The van der Waals surface area contributed by atoms with Crippen molar-refractivity contribution in [1.29, 1.82) is 0 Å². The summed E-state index contributed by atoms with van der Waals surface area (Å²) in [5.74, 6) is 0.299. The van der Waals surface area contributed by atoms with Gasteiger partial charge >= 0.3 is 5.97 Å². The van der Waals surface area contributed by atoms with E-state index >= 15 is 0 Å². The molecule has 0 unspecified atom stereocenters. The number of benzene rings is 2. The fraction of sp³-hybridized carbons (Fsp3) is 0.0667. The molecule has 0 bridgehead atoms. The molecule has 0 radical (unpaired) electrons. The third-order valence-corrected chi connectivity index (χ3v) is 3.58. The molecule has 6 heteroatoms. The maximum atomic E-state index is 11.7. The van der Waals surface area contributed by atoms with Gasteiger partial charge < -0.3 is 9.47 Å². The highest BCUT2D eigenvalue weighted by Crippen LogP contribution is 2.28. The highest BCUT2D eigenvalue weighted by molar-refractivity contribution is 9.11. The van der Waals surface area contributed by atoms with E-state index in [1.54, 1.807) is 30.3 Å². The van der Waals surface area contributed by atoms with Crippen molar-refractivity contribution >= 4 is 44.1 Å². The van der Waals surface area contributed by atoms with Gasteiger partial charge in [-0.2, -0.15) is 0 Å².